The van der Waals surface area contributed by atoms with E-state index in [9.17, 15) is 4.79 Å². The van der Waals surface area contributed by atoms with Crippen molar-refractivity contribution in [3.8, 4) is 0 Å². The highest BCUT2D eigenvalue weighted by molar-refractivity contribution is 7.22. The van der Waals surface area contributed by atoms with Gasteiger partial charge in [0.05, 0.1) is 10.2 Å². The second kappa shape index (κ2) is 11.2. The molecule has 0 aliphatic carbocycles. The van der Waals surface area contributed by atoms with Gasteiger partial charge in [-0.15, -0.1) is 12.4 Å². The molecule has 0 unspecified atom stereocenters. The number of nitrogens with zero attached hydrogens (tertiary/aromatic N) is 3. The molecule has 4 nitrogen and oxygen atoms in total. The van der Waals surface area contributed by atoms with E-state index in [0.29, 0.717) is 12.1 Å². The van der Waals surface area contributed by atoms with Crippen molar-refractivity contribution in [1.82, 2.24) is 9.88 Å². The molecule has 0 radical (unpaired) electrons. The van der Waals surface area contributed by atoms with Crippen LogP contribution < -0.4 is 4.90 Å². The summed E-state index contributed by atoms with van der Waals surface area (Å²) < 4.78 is 1.10. The van der Waals surface area contributed by atoms with Crippen molar-refractivity contribution < 1.29 is 4.79 Å². The fourth-order valence-corrected chi connectivity index (χ4v) is 4.55. The molecule has 0 saturated carbocycles. The van der Waals surface area contributed by atoms with E-state index in [1.54, 1.807) is 11.3 Å². The third-order valence-electron chi connectivity index (χ3n) is 5.20. The largest absolute Gasteiger partial charge is 0.309 e. The normalized spacial score (nSPS) is 10.8. The Kier molecular flexibility index (Phi) is 8.39. The molecule has 0 saturated heterocycles. The summed E-state index contributed by atoms with van der Waals surface area (Å²) in [5.41, 5.74) is 4.09. The lowest BCUT2D eigenvalue weighted by Gasteiger charge is -2.21. The number of hydrogen-bond donors (Lipinski definition) is 0. The SMILES string of the molecule is CN(C)CCCN(C(=O)c1ccc(Cc2ccccc2)cc1)c1nc2ccccc2s1.Cl. The van der Waals surface area contributed by atoms with Gasteiger partial charge < -0.3 is 4.90 Å². The number of para-hydroxylation sites is 1. The molecule has 0 aliphatic rings. The number of aromatic nitrogens is 1. The number of benzene rings is 3. The molecule has 0 bridgehead atoms. The van der Waals surface area contributed by atoms with Gasteiger partial charge in [0, 0.05) is 12.1 Å². The molecule has 1 aromatic heterocycles. The summed E-state index contributed by atoms with van der Waals surface area (Å²) in [5, 5.41) is 0.762. The zero-order valence-corrected chi connectivity index (χ0v) is 20.0. The van der Waals surface area contributed by atoms with Crippen molar-refractivity contribution >= 4 is 45.0 Å². The van der Waals surface area contributed by atoms with Gasteiger partial charge >= 0.3 is 0 Å². The van der Waals surface area contributed by atoms with Crippen LogP contribution in [0.15, 0.2) is 78.9 Å². The third-order valence-corrected chi connectivity index (χ3v) is 6.26. The topological polar surface area (TPSA) is 36.4 Å². The third kappa shape index (κ3) is 5.94. The Bertz CT molecular complexity index is 1110. The van der Waals surface area contributed by atoms with Crippen molar-refractivity contribution in [1.29, 1.82) is 0 Å². The molecule has 4 rings (SSSR count). The number of carbonyl (C=O) groups is 1. The summed E-state index contributed by atoms with van der Waals surface area (Å²) in [5.74, 6) is 0.00377. The quantitative estimate of drug-likeness (QED) is 0.324. The van der Waals surface area contributed by atoms with E-state index in [2.05, 4.69) is 61.5 Å². The number of anilines is 1. The van der Waals surface area contributed by atoms with Crippen molar-refractivity contribution in [2.24, 2.45) is 0 Å². The molecular weight excluding hydrogens is 438 g/mol. The minimum Gasteiger partial charge on any atom is -0.309 e. The molecule has 32 heavy (non-hydrogen) atoms. The standard InChI is InChI=1S/C26H27N3OS.ClH/c1-28(2)17-8-18-29(26-27-23-11-6-7-12-24(23)31-26)25(30)22-15-13-21(14-16-22)19-20-9-4-3-5-10-20;/h3-7,9-16H,8,17-19H2,1-2H3;1H. The molecule has 0 N–H and O–H groups in total. The Hall–Kier alpha value is -2.73. The van der Waals surface area contributed by atoms with Gasteiger partial charge in [-0.1, -0.05) is 65.9 Å². The summed E-state index contributed by atoms with van der Waals surface area (Å²) >= 11 is 1.57. The molecule has 0 atom stereocenters. The van der Waals surface area contributed by atoms with Crippen molar-refractivity contribution in [3.63, 3.8) is 0 Å². The average Bonchev–Trinajstić information content (AvgIpc) is 3.21. The van der Waals surface area contributed by atoms with E-state index < -0.39 is 0 Å². The van der Waals surface area contributed by atoms with Crippen LogP contribution in [0.5, 0.6) is 0 Å². The molecular formula is C26H28ClN3OS. The van der Waals surface area contributed by atoms with Crippen LogP contribution in [0.4, 0.5) is 5.13 Å². The van der Waals surface area contributed by atoms with Crippen LogP contribution in [-0.4, -0.2) is 43.0 Å². The van der Waals surface area contributed by atoms with Crippen LogP contribution in [0.3, 0.4) is 0 Å². The minimum atomic E-state index is 0. The first-order chi connectivity index (χ1) is 15.1. The lowest BCUT2D eigenvalue weighted by Crippen LogP contribution is -2.33. The van der Waals surface area contributed by atoms with E-state index >= 15 is 0 Å². The zero-order valence-electron chi connectivity index (χ0n) is 18.4. The van der Waals surface area contributed by atoms with E-state index in [0.717, 1.165) is 34.7 Å². The smallest absolute Gasteiger partial charge is 0.260 e. The maximum atomic E-state index is 13.4. The molecule has 1 heterocycles. The maximum absolute atomic E-state index is 13.4. The Morgan fingerprint density at radius 3 is 2.19 bits per heavy atom. The zero-order chi connectivity index (χ0) is 21.6. The van der Waals surface area contributed by atoms with Crippen LogP contribution in [0.1, 0.15) is 27.9 Å². The highest BCUT2D eigenvalue weighted by Crippen LogP contribution is 2.29. The summed E-state index contributed by atoms with van der Waals surface area (Å²) in [6, 6.07) is 26.4. The van der Waals surface area contributed by atoms with E-state index in [1.807, 2.05) is 41.3 Å². The molecule has 1 amide bonds. The van der Waals surface area contributed by atoms with Crippen LogP contribution in [-0.2, 0) is 6.42 Å². The van der Waals surface area contributed by atoms with E-state index in [4.69, 9.17) is 4.98 Å². The van der Waals surface area contributed by atoms with E-state index in [-0.39, 0.29) is 18.3 Å². The van der Waals surface area contributed by atoms with Crippen LogP contribution in [0.2, 0.25) is 0 Å². The van der Waals surface area contributed by atoms with Gasteiger partial charge in [-0.05, 0) is 68.9 Å². The minimum absolute atomic E-state index is 0. The number of carbonyl (C=O) groups excluding carboxylic acids is 1. The molecule has 0 aliphatic heterocycles. The van der Waals surface area contributed by atoms with Crippen molar-refractivity contribution in [3.05, 3.63) is 95.6 Å². The first kappa shape index (κ1) is 23.9. The van der Waals surface area contributed by atoms with Gasteiger partial charge in [0.25, 0.3) is 5.91 Å². The van der Waals surface area contributed by atoms with Crippen LogP contribution in [0, 0.1) is 0 Å². The van der Waals surface area contributed by atoms with Gasteiger partial charge in [0.1, 0.15) is 0 Å². The fraction of sp³-hybridized carbons (Fsp3) is 0.231. The van der Waals surface area contributed by atoms with Gasteiger partial charge in [-0.2, -0.15) is 0 Å². The highest BCUT2D eigenvalue weighted by Gasteiger charge is 2.21. The molecule has 4 aromatic rings. The number of fused-ring (bicyclic) bond motifs is 1. The predicted molar refractivity (Wildman–Crippen MR) is 137 cm³/mol. The molecule has 0 fully saturated rings. The highest BCUT2D eigenvalue weighted by atomic mass is 35.5. The molecule has 3 aromatic carbocycles. The van der Waals surface area contributed by atoms with E-state index in [1.165, 1.54) is 11.1 Å². The van der Waals surface area contributed by atoms with Gasteiger partial charge in [-0.25, -0.2) is 4.98 Å². The summed E-state index contributed by atoms with van der Waals surface area (Å²) in [4.78, 5) is 22.2. The number of hydrogen-bond acceptors (Lipinski definition) is 4. The van der Waals surface area contributed by atoms with Crippen molar-refractivity contribution in [2.75, 3.05) is 32.1 Å². The molecule has 6 heteroatoms. The van der Waals surface area contributed by atoms with Crippen LogP contribution >= 0.6 is 23.7 Å². The van der Waals surface area contributed by atoms with Gasteiger partial charge in [0.15, 0.2) is 5.13 Å². The monoisotopic (exact) mass is 465 g/mol. The summed E-state index contributed by atoms with van der Waals surface area (Å²) in [6.45, 7) is 1.56. The second-order valence-electron chi connectivity index (χ2n) is 7.94. The summed E-state index contributed by atoms with van der Waals surface area (Å²) in [7, 11) is 4.10. The first-order valence-electron chi connectivity index (χ1n) is 10.6. The predicted octanol–water partition coefficient (Wildman–Crippen LogP) is 5.91. The second-order valence-corrected chi connectivity index (χ2v) is 8.95. The summed E-state index contributed by atoms with van der Waals surface area (Å²) in [6.07, 6.45) is 1.75. The number of rotatable bonds is 8. The van der Waals surface area contributed by atoms with Gasteiger partial charge in [0.2, 0.25) is 0 Å². The fourth-order valence-electron chi connectivity index (χ4n) is 3.56. The average molecular weight is 466 g/mol. The van der Waals surface area contributed by atoms with Gasteiger partial charge in [-0.3, -0.25) is 9.69 Å². The lowest BCUT2D eigenvalue weighted by molar-refractivity contribution is 0.0986. The van der Waals surface area contributed by atoms with Crippen LogP contribution in [0.25, 0.3) is 10.2 Å². The first-order valence-corrected chi connectivity index (χ1v) is 11.4. The molecule has 0 spiro atoms. The Labute approximate surface area is 199 Å². The Morgan fingerprint density at radius 2 is 1.50 bits per heavy atom. The molecule has 166 valence electrons. The number of halogens is 1. The Balaban J connectivity index is 0.00000289. The maximum Gasteiger partial charge on any atom is 0.260 e. The van der Waals surface area contributed by atoms with Crippen molar-refractivity contribution in [2.45, 2.75) is 12.8 Å². The Morgan fingerprint density at radius 1 is 0.844 bits per heavy atom. The lowest BCUT2D eigenvalue weighted by atomic mass is 10.0. The number of amides is 1. The number of thiazole rings is 1.